The zero-order chi connectivity index (χ0) is 16.9. The van der Waals surface area contributed by atoms with Gasteiger partial charge in [-0.25, -0.2) is 0 Å². The van der Waals surface area contributed by atoms with Crippen LogP contribution in [0.25, 0.3) is 0 Å². The number of hydrogen-bond acceptors (Lipinski definition) is 4. The van der Waals surface area contributed by atoms with E-state index in [0.29, 0.717) is 17.2 Å². The fourth-order valence-electron chi connectivity index (χ4n) is 5.50. The maximum Gasteiger partial charge on any atom is 0.161 e. The molecule has 0 radical (unpaired) electrons. The lowest BCUT2D eigenvalue weighted by Gasteiger charge is -2.53. The molecule has 1 spiro atoms. The summed E-state index contributed by atoms with van der Waals surface area (Å²) in [5.41, 5.74) is 1.86. The van der Waals surface area contributed by atoms with E-state index in [9.17, 15) is 4.79 Å². The number of methoxy groups -OCH3 is 2. The lowest BCUT2D eigenvalue weighted by Crippen LogP contribution is -2.53. The molecule has 1 heterocycles. The highest BCUT2D eigenvalue weighted by molar-refractivity contribution is 5.86. The van der Waals surface area contributed by atoms with Gasteiger partial charge in [-0.1, -0.05) is 6.07 Å². The number of nitrogens with zero attached hydrogens (tertiary/aromatic N) is 1. The second-order valence-corrected chi connectivity index (χ2v) is 8.07. The van der Waals surface area contributed by atoms with Crippen LogP contribution in [-0.4, -0.2) is 44.5 Å². The van der Waals surface area contributed by atoms with Gasteiger partial charge in [0.25, 0.3) is 0 Å². The Morgan fingerprint density at radius 2 is 1.83 bits per heavy atom. The van der Waals surface area contributed by atoms with Crippen molar-refractivity contribution in [3.8, 4) is 11.5 Å². The number of Topliss-reactive ketones (excluding diaryl/α,β-unsaturated/α-hetero) is 1. The summed E-state index contributed by atoms with van der Waals surface area (Å²) < 4.78 is 11.0. The number of ether oxygens (including phenoxy) is 2. The van der Waals surface area contributed by atoms with Gasteiger partial charge in [-0.15, -0.1) is 0 Å². The topological polar surface area (TPSA) is 38.8 Å². The predicted molar refractivity (Wildman–Crippen MR) is 92.8 cm³/mol. The summed E-state index contributed by atoms with van der Waals surface area (Å²) in [6.07, 6.45) is 6.30. The van der Waals surface area contributed by atoms with Crippen LogP contribution in [0.4, 0.5) is 0 Å². The summed E-state index contributed by atoms with van der Waals surface area (Å²) in [7, 11) is 5.63. The standard InChI is InChI=1S/C20H27NO3/c1-21-9-8-20(14-4-5-16(23-2)17(10-14)24-3)7-6-19(13-18(20)21)11-15(22)12-19/h4-5,10,18H,6-9,11-13H2,1-3H3/t18-,20-/m0/s1. The van der Waals surface area contributed by atoms with Gasteiger partial charge in [0.1, 0.15) is 5.78 Å². The summed E-state index contributed by atoms with van der Waals surface area (Å²) in [6, 6.07) is 6.96. The Bertz CT molecular complexity index is 663. The maximum absolute atomic E-state index is 11.6. The summed E-state index contributed by atoms with van der Waals surface area (Å²) in [5.74, 6) is 2.06. The molecule has 3 fully saturated rings. The highest BCUT2D eigenvalue weighted by Gasteiger charge is 2.57. The number of likely N-dealkylation sites (N-methyl/N-ethyl adjacent to an activating group) is 1. The molecular formula is C20H27NO3. The van der Waals surface area contributed by atoms with Gasteiger partial charge in [-0.3, -0.25) is 4.79 Å². The van der Waals surface area contributed by atoms with Gasteiger partial charge in [-0.2, -0.15) is 0 Å². The third kappa shape index (κ3) is 2.19. The van der Waals surface area contributed by atoms with Crippen LogP contribution in [0.1, 0.15) is 44.1 Å². The zero-order valence-corrected chi connectivity index (χ0v) is 14.9. The van der Waals surface area contributed by atoms with Crippen molar-refractivity contribution < 1.29 is 14.3 Å². The predicted octanol–water partition coefficient (Wildman–Crippen LogP) is 3.18. The molecule has 1 saturated heterocycles. The third-order valence-corrected chi connectivity index (χ3v) is 6.91. The normalized spacial score (nSPS) is 31.6. The number of rotatable bonds is 3. The second-order valence-electron chi connectivity index (χ2n) is 8.07. The monoisotopic (exact) mass is 329 g/mol. The molecule has 0 N–H and O–H groups in total. The fourth-order valence-corrected chi connectivity index (χ4v) is 5.50. The quantitative estimate of drug-likeness (QED) is 0.854. The Kier molecular flexibility index (Phi) is 3.64. The Morgan fingerprint density at radius 1 is 1.08 bits per heavy atom. The van der Waals surface area contributed by atoms with E-state index in [0.717, 1.165) is 37.3 Å². The van der Waals surface area contributed by atoms with E-state index in [4.69, 9.17) is 9.47 Å². The molecule has 0 amide bonds. The van der Waals surface area contributed by atoms with E-state index in [1.807, 2.05) is 6.07 Å². The highest BCUT2D eigenvalue weighted by atomic mass is 16.5. The largest absolute Gasteiger partial charge is 0.493 e. The number of carbonyl (C=O) groups excluding carboxylic acids is 1. The number of hydrogen-bond donors (Lipinski definition) is 0. The molecule has 4 rings (SSSR count). The van der Waals surface area contributed by atoms with E-state index >= 15 is 0 Å². The van der Waals surface area contributed by atoms with Gasteiger partial charge in [0, 0.05) is 24.3 Å². The molecule has 2 aliphatic carbocycles. The molecule has 1 aliphatic heterocycles. The van der Waals surface area contributed by atoms with E-state index in [1.54, 1.807) is 14.2 Å². The van der Waals surface area contributed by atoms with Crippen LogP contribution in [0.2, 0.25) is 0 Å². The summed E-state index contributed by atoms with van der Waals surface area (Å²) in [4.78, 5) is 14.1. The van der Waals surface area contributed by atoms with E-state index in [2.05, 4.69) is 24.1 Å². The van der Waals surface area contributed by atoms with Gasteiger partial charge in [0.15, 0.2) is 11.5 Å². The molecular weight excluding hydrogens is 302 g/mol. The van der Waals surface area contributed by atoms with Crippen LogP contribution in [-0.2, 0) is 10.2 Å². The highest BCUT2D eigenvalue weighted by Crippen LogP contribution is 2.59. The minimum atomic E-state index is 0.193. The minimum Gasteiger partial charge on any atom is -0.493 e. The number of carbonyl (C=O) groups is 1. The van der Waals surface area contributed by atoms with E-state index in [1.165, 1.54) is 24.8 Å². The molecule has 0 aromatic heterocycles. The smallest absolute Gasteiger partial charge is 0.161 e. The van der Waals surface area contributed by atoms with Crippen molar-refractivity contribution in [1.29, 1.82) is 0 Å². The van der Waals surface area contributed by atoms with Crippen molar-refractivity contribution in [2.75, 3.05) is 27.8 Å². The Balaban J connectivity index is 1.69. The first-order valence-electron chi connectivity index (χ1n) is 8.96. The Labute approximate surface area is 144 Å². The average Bonchev–Trinajstić information content (AvgIpc) is 2.91. The van der Waals surface area contributed by atoms with Gasteiger partial charge in [0.05, 0.1) is 14.2 Å². The molecule has 3 aliphatic rings. The first-order valence-corrected chi connectivity index (χ1v) is 8.96. The Hall–Kier alpha value is -1.55. The van der Waals surface area contributed by atoms with Crippen LogP contribution in [0.5, 0.6) is 11.5 Å². The summed E-state index contributed by atoms with van der Waals surface area (Å²) in [5, 5.41) is 0. The molecule has 24 heavy (non-hydrogen) atoms. The molecule has 2 saturated carbocycles. The summed E-state index contributed by atoms with van der Waals surface area (Å²) >= 11 is 0. The maximum atomic E-state index is 11.6. The van der Waals surface area contributed by atoms with Gasteiger partial charge < -0.3 is 14.4 Å². The SMILES string of the molecule is COc1ccc([C@]23CCN(C)[C@H]2CC2(CC3)CC(=O)C2)cc1OC. The lowest BCUT2D eigenvalue weighted by molar-refractivity contribution is -0.136. The van der Waals surface area contributed by atoms with Crippen LogP contribution in [0.3, 0.4) is 0 Å². The van der Waals surface area contributed by atoms with Crippen molar-refractivity contribution in [2.24, 2.45) is 5.41 Å². The molecule has 2 atom stereocenters. The molecule has 1 aromatic carbocycles. The van der Waals surface area contributed by atoms with Crippen molar-refractivity contribution in [3.05, 3.63) is 23.8 Å². The first kappa shape index (κ1) is 15.9. The number of fused-ring (bicyclic) bond motifs is 1. The molecule has 4 nitrogen and oxygen atoms in total. The van der Waals surface area contributed by atoms with Crippen molar-refractivity contribution in [1.82, 2.24) is 4.90 Å². The number of likely N-dealkylation sites (tertiary alicyclic amines) is 1. The average molecular weight is 329 g/mol. The third-order valence-electron chi connectivity index (χ3n) is 6.91. The van der Waals surface area contributed by atoms with Crippen LogP contribution < -0.4 is 9.47 Å². The fraction of sp³-hybridized carbons (Fsp3) is 0.650. The van der Waals surface area contributed by atoms with E-state index < -0.39 is 0 Å². The zero-order valence-electron chi connectivity index (χ0n) is 14.9. The number of ketones is 1. The van der Waals surface area contributed by atoms with Crippen molar-refractivity contribution in [3.63, 3.8) is 0 Å². The van der Waals surface area contributed by atoms with Crippen LogP contribution in [0, 0.1) is 5.41 Å². The van der Waals surface area contributed by atoms with Gasteiger partial charge in [-0.05, 0) is 62.4 Å². The van der Waals surface area contributed by atoms with Gasteiger partial charge >= 0.3 is 0 Å². The molecule has 0 bridgehead atoms. The summed E-state index contributed by atoms with van der Waals surface area (Å²) in [6.45, 7) is 1.13. The lowest BCUT2D eigenvalue weighted by atomic mass is 9.52. The molecule has 1 aromatic rings. The van der Waals surface area contributed by atoms with Crippen molar-refractivity contribution in [2.45, 2.75) is 50.0 Å². The molecule has 0 unspecified atom stereocenters. The second kappa shape index (κ2) is 5.48. The van der Waals surface area contributed by atoms with Crippen molar-refractivity contribution >= 4 is 5.78 Å². The van der Waals surface area contributed by atoms with Gasteiger partial charge in [0.2, 0.25) is 0 Å². The Morgan fingerprint density at radius 3 is 2.50 bits per heavy atom. The first-order chi connectivity index (χ1) is 11.5. The number of benzene rings is 1. The molecule has 130 valence electrons. The van der Waals surface area contributed by atoms with Crippen LogP contribution in [0.15, 0.2) is 18.2 Å². The minimum absolute atomic E-state index is 0.193. The molecule has 4 heteroatoms. The van der Waals surface area contributed by atoms with Crippen LogP contribution >= 0.6 is 0 Å². The van der Waals surface area contributed by atoms with E-state index in [-0.39, 0.29) is 5.41 Å².